The molecule has 0 atom stereocenters. The summed E-state index contributed by atoms with van der Waals surface area (Å²) in [5.41, 5.74) is 2.12. The average molecular weight is 270 g/mol. The highest BCUT2D eigenvalue weighted by Gasteiger charge is 2.05. The zero-order chi connectivity index (χ0) is 14.5. The lowest BCUT2D eigenvalue weighted by Crippen LogP contribution is -2.04. The summed E-state index contributed by atoms with van der Waals surface area (Å²) in [4.78, 5) is 10.9. The van der Waals surface area contributed by atoms with Crippen LogP contribution in [-0.4, -0.2) is 18.0 Å². The monoisotopic (exact) mass is 270 g/mol. The van der Waals surface area contributed by atoms with Gasteiger partial charge in [0, 0.05) is 0 Å². The minimum Gasteiger partial charge on any atom is -0.507 e. The molecule has 0 aliphatic heterocycles. The smallest absolute Gasteiger partial charge is 0.153 e. The normalized spacial score (nSPS) is 10.6. The molecule has 0 spiro atoms. The van der Waals surface area contributed by atoms with Gasteiger partial charge in [-0.15, -0.1) is 0 Å². The van der Waals surface area contributed by atoms with Gasteiger partial charge in [-0.3, -0.25) is 4.79 Å². The molecule has 0 heterocycles. The Bertz CT molecular complexity index is 603. The first-order valence-electron chi connectivity index (χ1n) is 6.61. The van der Waals surface area contributed by atoms with Gasteiger partial charge in [0.2, 0.25) is 0 Å². The highest BCUT2D eigenvalue weighted by molar-refractivity contribution is 5.82. The molecule has 2 aromatic carbocycles. The molecule has 2 aromatic rings. The Morgan fingerprint density at radius 2 is 1.90 bits per heavy atom. The molecule has 0 unspecified atom stereocenters. The lowest BCUT2D eigenvalue weighted by Gasteiger charge is -2.10. The summed E-state index contributed by atoms with van der Waals surface area (Å²) >= 11 is 0. The van der Waals surface area contributed by atoms with E-state index in [1.165, 1.54) is 6.07 Å². The van der Waals surface area contributed by atoms with Crippen LogP contribution in [0.15, 0.2) is 42.5 Å². The molecule has 20 heavy (non-hydrogen) atoms. The number of hydrogen-bond acceptors (Lipinski definition) is 3. The van der Waals surface area contributed by atoms with Gasteiger partial charge in [-0.1, -0.05) is 32.0 Å². The van der Waals surface area contributed by atoms with E-state index in [-0.39, 0.29) is 11.3 Å². The molecule has 0 aliphatic carbocycles. The summed E-state index contributed by atoms with van der Waals surface area (Å²) < 4.78 is 5.69. The van der Waals surface area contributed by atoms with Gasteiger partial charge in [-0.25, -0.2) is 0 Å². The van der Waals surface area contributed by atoms with E-state index in [2.05, 4.69) is 13.8 Å². The maximum absolute atomic E-state index is 10.9. The predicted molar refractivity (Wildman–Crippen MR) is 79.3 cm³/mol. The van der Waals surface area contributed by atoms with Gasteiger partial charge >= 0.3 is 0 Å². The van der Waals surface area contributed by atoms with E-state index < -0.39 is 0 Å². The number of carbonyl (C=O) groups excluding carboxylic acids is 1. The molecule has 0 aliphatic rings. The molecular weight excluding hydrogens is 252 g/mol. The molecule has 0 aromatic heterocycles. The highest BCUT2D eigenvalue weighted by atomic mass is 16.5. The van der Waals surface area contributed by atoms with Crippen molar-refractivity contribution in [2.75, 3.05) is 6.61 Å². The van der Waals surface area contributed by atoms with Gasteiger partial charge in [-0.05, 0) is 41.3 Å². The molecule has 104 valence electrons. The van der Waals surface area contributed by atoms with Crippen molar-refractivity contribution in [1.82, 2.24) is 0 Å². The second-order valence-electron chi connectivity index (χ2n) is 5.12. The van der Waals surface area contributed by atoms with Crippen LogP contribution in [-0.2, 0) is 0 Å². The van der Waals surface area contributed by atoms with Crippen molar-refractivity contribution >= 4 is 6.29 Å². The van der Waals surface area contributed by atoms with E-state index in [0.29, 0.717) is 18.8 Å². The van der Waals surface area contributed by atoms with E-state index in [0.717, 1.165) is 16.9 Å². The number of aromatic hydroxyl groups is 1. The average Bonchev–Trinajstić information content (AvgIpc) is 2.46. The molecule has 0 bridgehead atoms. The molecule has 0 saturated heterocycles. The maximum atomic E-state index is 10.9. The van der Waals surface area contributed by atoms with Gasteiger partial charge < -0.3 is 9.84 Å². The minimum absolute atomic E-state index is 0.00374. The molecule has 0 fully saturated rings. The van der Waals surface area contributed by atoms with Gasteiger partial charge in [-0.2, -0.15) is 0 Å². The lowest BCUT2D eigenvalue weighted by atomic mass is 10.0. The number of aldehydes is 1. The number of carbonyl (C=O) groups is 1. The molecule has 2 rings (SSSR count). The van der Waals surface area contributed by atoms with Crippen LogP contribution in [0.4, 0.5) is 0 Å². The summed E-state index contributed by atoms with van der Waals surface area (Å²) in [6.45, 7) is 4.86. The van der Waals surface area contributed by atoms with Gasteiger partial charge in [0.1, 0.15) is 11.5 Å². The summed E-state index contributed by atoms with van der Waals surface area (Å²) in [6, 6.07) is 12.7. The fraction of sp³-hybridized carbons (Fsp3) is 0.235. The Labute approximate surface area is 118 Å². The van der Waals surface area contributed by atoms with Crippen molar-refractivity contribution in [1.29, 1.82) is 0 Å². The maximum Gasteiger partial charge on any atom is 0.153 e. The van der Waals surface area contributed by atoms with E-state index in [4.69, 9.17) is 4.74 Å². The molecule has 0 amide bonds. The fourth-order valence-electron chi connectivity index (χ4n) is 1.86. The minimum atomic E-state index is -0.00374. The van der Waals surface area contributed by atoms with E-state index in [9.17, 15) is 9.90 Å². The largest absolute Gasteiger partial charge is 0.507 e. The van der Waals surface area contributed by atoms with Crippen LogP contribution >= 0.6 is 0 Å². The molecule has 3 nitrogen and oxygen atoms in total. The number of hydrogen-bond donors (Lipinski definition) is 1. The van der Waals surface area contributed by atoms with Crippen LogP contribution in [0, 0.1) is 5.92 Å². The van der Waals surface area contributed by atoms with Crippen LogP contribution in [0.5, 0.6) is 11.5 Å². The first-order valence-corrected chi connectivity index (χ1v) is 6.61. The Kier molecular flexibility index (Phi) is 4.41. The van der Waals surface area contributed by atoms with Gasteiger partial charge in [0.25, 0.3) is 0 Å². The summed E-state index contributed by atoms with van der Waals surface area (Å²) in [6.07, 6.45) is 0.651. The van der Waals surface area contributed by atoms with Crippen molar-refractivity contribution in [2.24, 2.45) is 5.92 Å². The zero-order valence-corrected chi connectivity index (χ0v) is 11.7. The molecule has 0 saturated carbocycles. The quantitative estimate of drug-likeness (QED) is 0.838. The molecular formula is C17H18O3. The first kappa shape index (κ1) is 14.1. The molecule has 3 heteroatoms. The molecule has 1 N–H and O–H groups in total. The number of benzene rings is 2. The Balaban J connectivity index is 2.28. The Morgan fingerprint density at radius 1 is 1.15 bits per heavy atom. The van der Waals surface area contributed by atoms with E-state index >= 15 is 0 Å². The third kappa shape index (κ3) is 3.38. The van der Waals surface area contributed by atoms with Crippen molar-refractivity contribution in [3.8, 4) is 22.6 Å². The van der Waals surface area contributed by atoms with E-state index in [1.54, 1.807) is 12.1 Å². The topological polar surface area (TPSA) is 46.5 Å². The van der Waals surface area contributed by atoms with Crippen LogP contribution in [0.3, 0.4) is 0 Å². The zero-order valence-electron chi connectivity index (χ0n) is 11.7. The molecule has 0 radical (unpaired) electrons. The highest BCUT2D eigenvalue weighted by Crippen LogP contribution is 2.27. The van der Waals surface area contributed by atoms with Crippen LogP contribution in [0.25, 0.3) is 11.1 Å². The van der Waals surface area contributed by atoms with Crippen molar-refractivity contribution in [2.45, 2.75) is 13.8 Å². The lowest BCUT2D eigenvalue weighted by molar-refractivity contribution is 0.112. The second kappa shape index (κ2) is 6.24. The first-order chi connectivity index (χ1) is 9.60. The number of phenolic OH excluding ortho intramolecular Hbond substituents is 1. The Morgan fingerprint density at radius 3 is 2.60 bits per heavy atom. The van der Waals surface area contributed by atoms with Crippen molar-refractivity contribution in [3.63, 3.8) is 0 Å². The van der Waals surface area contributed by atoms with Gasteiger partial charge in [0.15, 0.2) is 6.29 Å². The van der Waals surface area contributed by atoms with Crippen molar-refractivity contribution in [3.05, 3.63) is 48.0 Å². The van der Waals surface area contributed by atoms with Crippen molar-refractivity contribution < 1.29 is 14.6 Å². The van der Waals surface area contributed by atoms with Crippen LogP contribution in [0.1, 0.15) is 24.2 Å². The van der Waals surface area contributed by atoms with E-state index in [1.807, 2.05) is 24.3 Å². The summed E-state index contributed by atoms with van der Waals surface area (Å²) in [5, 5.41) is 9.53. The summed E-state index contributed by atoms with van der Waals surface area (Å²) in [7, 11) is 0. The van der Waals surface area contributed by atoms with Crippen LogP contribution < -0.4 is 4.74 Å². The predicted octanol–water partition coefficient (Wildman–Crippen LogP) is 3.91. The van der Waals surface area contributed by atoms with Gasteiger partial charge in [0.05, 0.1) is 12.2 Å². The summed E-state index contributed by atoms with van der Waals surface area (Å²) in [5.74, 6) is 1.27. The fourth-order valence-corrected chi connectivity index (χ4v) is 1.86. The standard InChI is InChI=1S/C17H18O3/c1-12(2)11-20-16-5-3-4-13(9-16)14-6-7-17(19)15(8-14)10-18/h3-10,12,19H,11H2,1-2H3. The number of ether oxygens (including phenoxy) is 1. The third-order valence-electron chi connectivity index (χ3n) is 2.91. The number of phenols is 1. The van der Waals surface area contributed by atoms with Crippen LogP contribution in [0.2, 0.25) is 0 Å². The third-order valence-corrected chi connectivity index (χ3v) is 2.91. The Hall–Kier alpha value is -2.29. The second-order valence-corrected chi connectivity index (χ2v) is 5.12. The SMILES string of the molecule is CC(C)COc1cccc(-c2ccc(O)c(C=O)c2)c1. The number of rotatable bonds is 5.